The molecule has 0 saturated carbocycles. The van der Waals surface area contributed by atoms with E-state index in [2.05, 4.69) is 52.9 Å². The first-order chi connectivity index (χ1) is 8.60. The molecule has 100 valence electrons. The predicted octanol–water partition coefficient (Wildman–Crippen LogP) is 2.34. The van der Waals surface area contributed by atoms with Gasteiger partial charge in [0.05, 0.1) is 19.3 Å². The molecule has 4 heteroatoms. The van der Waals surface area contributed by atoms with Crippen molar-refractivity contribution < 1.29 is 9.84 Å². The summed E-state index contributed by atoms with van der Waals surface area (Å²) in [6.07, 6.45) is -0.0438. The zero-order valence-corrected chi connectivity index (χ0v) is 12.5. The van der Waals surface area contributed by atoms with Gasteiger partial charge in [0.2, 0.25) is 0 Å². The van der Waals surface area contributed by atoms with Crippen LogP contribution in [0.25, 0.3) is 0 Å². The predicted molar refractivity (Wildman–Crippen MR) is 75.6 cm³/mol. The van der Waals surface area contributed by atoms with Gasteiger partial charge in [-0.3, -0.25) is 4.90 Å². The number of hydrogen-bond acceptors (Lipinski definition) is 3. The molecule has 1 fully saturated rings. The Balaban J connectivity index is 2.04. The fourth-order valence-electron chi connectivity index (χ4n) is 2.25. The Bertz CT molecular complexity index is 411. The SMILES string of the molecule is Cc1cc(CN2CC(CO)OCC2C)ccc1Br. The lowest BCUT2D eigenvalue weighted by Gasteiger charge is -2.37. The maximum atomic E-state index is 9.18. The Labute approximate surface area is 117 Å². The molecule has 0 amide bonds. The van der Waals surface area contributed by atoms with Crippen molar-refractivity contribution in [2.24, 2.45) is 0 Å². The van der Waals surface area contributed by atoms with E-state index in [0.29, 0.717) is 12.6 Å². The fraction of sp³-hybridized carbons (Fsp3) is 0.571. The van der Waals surface area contributed by atoms with Crippen molar-refractivity contribution in [3.05, 3.63) is 33.8 Å². The van der Waals surface area contributed by atoms with E-state index in [9.17, 15) is 5.11 Å². The fourth-order valence-corrected chi connectivity index (χ4v) is 2.49. The van der Waals surface area contributed by atoms with E-state index in [-0.39, 0.29) is 12.7 Å². The van der Waals surface area contributed by atoms with Crippen LogP contribution in [0.1, 0.15) is 18.1 Å². The first kappa shape index (κ1) is 14.0. The lowest BCUT2D eigenvalue weighted by Crippen LogP contribution is -2.48. The van der Waals surface area contributed by atoms with Crippen LogP contribution in [0.4, 0.5) is 0 Å². The van der Waals surface area contributed by atoms with Crippen molar-refractivity contribution in [3.8, 4) is 0 Å². The summed E-state index contributed by atoms with van der Waals surface area (Å²) in [5, 5.41) is 9.18. The molecular weight excluding hydrogens is 294 g/mol. The normalized spacial score (nSPS) is 25.3. The van der Waals surface area contributed by atoms with Crippen LogP contribution >= 0.6 is 15.9 Å². The lowest BCUT2D eigenvalue weighted by atomic mass is 10.1. The summed E-state index contributed by atoms with van der Waals surface area (Å²) in [5.74, 6) is 0. The van der Waals surface area contributed by atoms with Crippen LogP contribution in [0, 0.1) is 6.92 Å². The van der Waals surface area contributed by atoms with Crippen LogP contribution in [-0.2, 0) is 11.3 Å². The quantitative estimate of drug-likeness (QED) is 0.929. The van der Waals surface area contributed by atoms with Gasteiger partial charge in [-0.2, -0.15) is 0 Å². The highest BCUT2D eigenvalue weighted by molar-refractivity contribution is 9.10. The Morgan fingerprint density at radius 1 is 1.50 bits per heavy atom. The second-order valence-electron chi connectivity index (χ2n) is 5.00. The minimum absolute atomic E-state index is 0.0438. The largest absolute Gasteiger partial charge is 0.394 e. The number of aliphatic hydroxyl groups excluding tert-OH is 1. The third-order valence-electron chi connectivity index (χ3n) is 3.45. The van der Waals surface area contributed by atoms with E-state index >= 15 is 0 Å². The third kappa shape index (κ3) is 3.32. The van der Waals surface area contributed by atoms with Crippen LogP contribution in [0.5, 0.6) is 0 Å². The molecular formula is C14H20BrNO2. The Morgan fingerprint density at radius 3 is 2.94 bits per heavy atom. The van der Waals surface area contributed by atoms with Crippen molar-refractivity contribution >= 4 is 15.9 Å². The van der Waals surface area contributed by atoms with Crippen LogP contribution < -0.4 is 0 Å². The maximum Gasteiger partial charge on any atom is 0.0933 e. The summed E-state index contributed by atoms with van der Waals surface area (Å²) >= 11 is 3.52. The third-order valence-corrected chi connectivity index (χ3v) is 4.34. The molecule has 2 unspecified atom stereocenters. The molecule has 1 aliphatic rings. The van der Waals surface area contributed by atoms with Crippen LogP contribution in [0.15, 0.2) is 22.7 Å². The molecule has 1 heterocycles. The zero-order chi connectivity index (χ0) is 13.1. The summed E-state index contributed by atoms with van der Waals surface area (Å²) in [4.78, 5) is 2.37. The van der Waals surface area contributed by atoms with Gasteiger partial charge in [0.25, 0.3) is 0 Å². The Kier molecular flexibility index (Phi) is 4.78. The van der Waals surface area contributed by atoms with Gasteiger partial charge in [0, 0.05) is 23.6 Å². The first-order valence-electron chi connectivity index (χ1n) is 6.31. The van der Waals surface area contributed by atoms with E-state index in [1.165, 1.54) is 11.1 Å². The summed E-state index contributed by atoms with van der Waals surface area (Å²) in [7, 11) is 0. The number of rotatable bonds is 3. The van der Waals surface area contributed by atoms with Crippen molar-refractivity contribution in [2.45, 2.75) is 32.5 Å². The van der Waals surface area contributed by atoms with E-state index in [1.807, 2.05) is 0 Å². The average molecular weight is 314 g/mol. The monoisotopic (exact) mass is 313 g/mol. The topological polar surface area (TPSA) is 32.7 Å². The average Bonchev–Trinajstić information content (AvgIpc) is 2.36. The number of ether oxygens (including phenoxy) is 1. The summed E-state index contributed by atoms with van der Waals surface area (Å²) in [6, 6.07) is 6.85. The molecule has 2 atom stereocenters. The molecule has 0 aliphatic carbocycles. The van der Waals surface area contributed by atoms with Gasteiger partial charge in [0.15, 0.2) is 0 Å². The number of aryl methyl sites for hydroxylation is 1. The number of aliphatic hydroxyl groups is 1. The Morgan fingerprint density at radius 2 is 2.28 bits per heavy atom. The molecule has 0 radical (unpaired) electrons. The molecule has 1 aliphatic heterocycles. The number of nitrogens with zero attached hydrogens (tertiary/aromatic N) is 1. The van der Waals surface area contributed by atoms with E-state index in [0.717, 1.165) is 17.6 Å². The summed E-state index contributed by atoms with van der Waals surface area (Å²) < 4.78 is 6.70. The smallest absolute Gasteiger partial charge is 0.0933 e. The number of hydrogen-bond donors (Lipinski definition) is 1. The molecule has 1 aromatic carbocycles. The number of morpholine rings is 1. The highest BCUT2D eigenvalue weighted by atomic mass is 79.9. The van der Waals surface area contributed by atoms with Gasteiger partial charge >= 0.3 is 0 Å². The first-order valence-corrected chi connectivity index (χ1v) is 7.11. The van der Waals surface area contributed by atoms with Crippen molar-refractivity contribution in [2.75, 3.05) is 19.8 Å². The molecule has 1 N–H and O–H groups in total. The van der Waals surface area contributed by atoms with Gasteiger partial charge in [-0.05, 0) is 31.0 Å². The van der Waals surface area contributed by atoms with Crippen LogP contribution in [-0.4, -0.2) is 41.9 Å². The molecule has 1 saturated heterocycles. The minimum Gasteiger partial charge on any atom is -0.394 e. The van der Waals surface area contributed by atoms with Gasteiger partial charge in [-0.25, -0.2) is 0 Å². The Hall–Kier alpha value is -0.420. The van der Waals surface area contributed by atoms with Gasteiger partial charge in [0.1, 0.15) is 0 Å². The van der Waals surface area contributed by atoms with Crippen molar-refractivity contribution in [3.63, 3.8) is 0 Å². The van der Waals surface area contributed by atoms with Gasteiger partial charge in [-0.15, -0.1) is 0 Å². The van der Waals surface area contributed by atoms with Crippen molar-refractivity contribution in [1.29, 1.82) is 0 Å². The highest BCUT2D eigenvalue weighted by Gasteiger charge is 2.25. The van der Waals surface area contributed by atoms with Crippen LogP contribution in [0.2, 0.25) is 0 Å². The van der Waals surface area contributed by atoms with E-state index in [1.54, 1.807) is 0 Å². The van der Waals surface area contributed by atoms with E-state index in [4.69, 9.17) is 4.74 Å². The van der Waals surface area contributed by atoms with Gasteiger partial charge in [-0.1, -0.05) is 28.1 Å². The lowest BCUT2D eigenvalue weighted by molar-refractivity contribution is -0.0805. The standard InChI is InChI=1S/C14H20BrNO2/c1-10-5-12(3-4-14(10)15)6-16-7-13(8-17)18-9-11(16)2/h3-5,11,13,17H,6-9H2,1-2H3. The van der Waals surface area contributed by atoms with Crippen molar-refractivity contribution in [1.82, 2.24) is 4.90 Å². The number of halogens is 1. The highest BCUT2D eigenvalue weighted by Crippen LogP contribution is 2.20. The van der Waals surface area contributed by atoms with E-state index < -0.39 is 0 Å². The second-order valence-corrected chi connectivity index (χ2v) is 5.85. The molecule has 2 rings (SSSR count). The molecule has 1 aromatic rings. The van der Waals surface area contributed by atoms with Crippen LogP contribution in [0.3, 0.4) is 0 Å². The summed E-state index contributed by atoms with van der Waals surface area (Å²) in [6.45, 7) is 6.78. The molecule has 0 aromatic heterocycles. The minimum atomic E-state index is -0.0438. The summed E-state index contributed by atoms with van der Waals surface area (Å²) in [5.41, 5.74) is 2.56. The number of benzene rings is 1. The molecule has 0 bridgehead atoms. The molecule has 3 nitrogen and oxygen atoms in total. The second kappa shape index (κ2) is 6.15. The zero-order valence-electron chi connectivity index (χ0n) is 10.9. The molecule has 0 spiro atoms. The molecule has 18 heavy (non-hydrogen) atoms. The van der Waals surface area contributed by atoms with Gasteiger partial charge < -0.3 is 9.84 Å². The maximum absolute atomic E-state index is 9.18.